The first kappa shape index (κ1) is 26.5. The molecule has 0 N–H and O–H groups in total. The normalized spacial score (nSPS) is 13.6. The largest absolute Gasteiger partial charge is 0.465 e. The number of halogens is 2. The zero-order chi connectivity index (χ0) is 27.7. The van der Waals surface area contributed by atoms with E-state index in [9.17, 15) is 14.4 Å². The molecule has 0 atom stereocenters. The van der Waals surface area contributed by atoms with Gasteiger partial charge >= 0.3 is 11.7 Å². The Kier molecular flexibility index (Phi) is 7.43. The number of methoxy groups -OCH3 is 1. The van der Waals surface area contributed by atoms with E-state index in [2.05, 4.69) is 9.64 Å². The van der Waals surface area contributed by atoms with E-state index in [1.165, 1.54) is 23.8 Å². The Balaban J connectivity index is 1.49. The summed E-state index contributed by atoms with van der Waals surface area (Å²) in [5.41, 5.74) is 2.42. The molecule has 1 aliphatic heterocycles. The maximum absolute atomic E-state index is 15.2. The molecule has 10 heteroatoms. The van der Waals surface area contributed by atoms with Gasteiger partial charge < -0.3 is 14.5 Å². The first-order chi connectivity index (χ1) is 18.8. The van der Waals surface area contributed by atoms with Crippen molar-refractivity contribution in [1.82, 2.24) is 14.0 Å². The number of fused-ring (bicyclic) bond motifs is 1. The lowest BCUT2D eigenvalue weighted by molar-refractivity contribution is -0.131. The van der Waals surface area contributed by atoms with E-state index in [0.717, 1.165) is 18.8 Å². The van der Waals surface area contributed by atoms with Crippen LogP contribution >= 0.6 is 11.6 Å². The molecule has 1 aliphatic rings. The fraction of sp³-hybridized carbons (Fsp3) is 0.276. The zero-order valence-corrected chi connectivity index (χ0v) is 22.4. The molecule has 1 amide bonds. The maximum Gasteiger partial charge on any atom is 0.340 e. The van der Waals surface area contributed by atoms with E-state index in [0.29, 0.717) is 41.3 Å². The van der Waals surface area contributed by atoms with Crippen LogP contribution in [0.3, 0.4) is 0 Å². The molecule has 1 fully saturated rings. The summed E-state index contributed by atoms with van der Waals surface area (Å²) in [5.74, 6) is -1.35. The molecule has 8 nitrogen and oxygen atoms in total. The number of esters is 1. The summed E-state index contributed by atoms with van der Waals surface area (Å²) in [4.78, 5) is 41.8. The number of benzene rings is 3. The zero-order valence-electron chi connectivity index (χ0n) is 21.7. The minimum atomic E-state index is -0.783. The summed E-state index contributed by atoms with van der Waals surface area (Å²) in [6.45, 7) is 4.60. The van der Waals surface area contributed by atoms with E-state index in [-0.39, 0.29) is 29.3 Å². The number of aromatic nitrogens is 2. The van der Waals surface area contributed by atoms with Crippen LogP contribution in [-0.4, -0.2) is 59.2 Å². The lowest BCUT2D eigenvalue weighted by atomic mass is 10.1. The van der Waals surface area contributed by atoms with Crippen LogP contribution in [0, 0.1) is 5.82 Å². The summed E-state index contributed by atoms with van der Waals surface area (Å²) >= 11 is 6.30. The summed E-state index contributed by atoms with van der Waals surface area (Å²) in [6.07, 6.45) is 0.504. The molecule has 1 aromatic heterocycles. The molecule has 0 unspecified atom stereocenters. The molecule has 2 heterocycles. The first-order valence-corrected chi connectivity index (χ1v) is 13.1. The van der Waals surface area contributed by atoms with E-state index in [4.69, 9.17) is 11.6 Å². The number of nitrogens with zero attached hydrogens (tertiary/aromatic N) is 4. The van der Waals surface area contributed by atoms with Gasteiger partial charge in [0.1, 0.15) is 5.82 Å². The van der Waals surface area contributed by atoms with Gasteiger partial charge in [-0.25, -0.2) is 14.0 Å². The van der Waals surface area contributed by atoms with E-state index < -0.39 is 11.8 Å². The number of imidazole rings is 1. The van der Waals surface area contributed by atoms with Gasteiger partial charge in [-0.15, -0.1) is 0 Å². The summed E-state index contributed by atoms with van der Waals surface area (Å²) < 4.78 is 22.8. The highest BCUT2D eigenvalue weighted by molar-refractivity contribution is 6.31. The van der Waals surface area contributed by atoms with Crippen LogP contribution in [0.5, 0.6) is 0 Å². The minimum Gasteiger partial charge on any atom is -0.465 e. The Hall–Kier alpha value is -4.11. The van der Waals surface area contributed by atoms with Crippen LogP contribution in [0.2, 0.25) is 5.02 Å². The number of hydrogen-bond donors (Lipinski definition) is 0. The van der Waals surface area contributed by atoms with Crippen LogP contribution < -0.4 is 10.6 Å². The smallest absolute Gasteiger partial charge is 0.340 e. The van der Waals surface area contributed by atoms with Crippen LogP contribution in [0.15, 0.2) is 65.5 Å². The third-order valence-electron chi connectivity index (χ3n) is 7.11. The molecule has 39 heavy (non-hydrogen) atoms. The Labute approximate surface area is 229 Å². The van der Waals surface area contributed by atoms with Gasteiger partial charge in [0.25, 0.3) is 0 Å². The summed E-state index contributed by atoms with van der Waals surface area (Å²) in [6, 6.07) is 17.2. The van der Waals surface area contributed by atoms with Crippen LogP contribution in [0.4, 0.5) is 10.1 Å². The average Bonchev–Trinajstić information content (AvgIpc) is 3.23. The highest BCUT2D eigenvalue weighted by Crippen LogP contribution is 2.25. The van der Waals surface area contributed by atoms with E-state index >= 15 is 4.39 Å². The van der Waals surface area contributed by atoms with Crippen molar-refractivity contribution in [3.63, 3.8) is 0 Å². The van der Waals surface area contributed by atoms with Gasteiger partial charge in [0.2, 0.25) is 5.91 Å². The number of piperazine rings is 1. The maximum atomic E-state index is 15.2. The molecule has 0 aliphatic carbocycles. The van der Waals surface area contributed by atoms with Gasteiger partial charge in [0, 0.05) is 48.9 Å². The van der Waals surface area contributed by atoms with Gasteiger partial charge in [0.05, 0.1) is 35.9 Å². The second-order valence-corrected chi connectivity index (χ2v) is 9.78. The molecular weight excluding hydrogens is 523 g/mol. The van der Waals surface area contributed by atoms with Crippen molar-refractivity contribution in [1.29, 1.82) is 0 Å². The second kappa shape index (κ2) is 10.9. The Morgan fingerprint density at radius 3 is 2.31 bits per heavy atom. The molecule has 0 bridgehead atoms. The molecule has 0 radical (unpaired) electrons. The van der Waals surface area contributed by atoms with Gasteiger partial charge in [0.15, 0.2) is 0 Å². The summed E-state index contributed by atoms with van der Waals surface area (Å²) in [7, 11) is 1.19. The van der Waals surface area contributed by atoms with Gasteiger partial charge in [-0.1, -0.05) is 30.7 Å². The van der Waals surface area contributed by atoms with Crippen LogP contribution in [0.25, 0.3) is 16.7 Å². The number of rotatable bonds is 6. The third-order valence-corrected chi connectivity index (χ3v) is 7.35. The van der Waals surface area contributed by atoms with Crippen molar-refractivity contribution >= 4 is 40.2 Å². The van der Waals surface area contributed by atoms with E-state index in [1.54, 1.807) is 28.8 Å². The van der Waals surface area contributed by atoms with Crippen molar-refractivity contribution < 1.29 is 18.7 Å². The number of carbonyl (C=O) groups excluding carboxylic acids is 2. The van der Waals surface area contributed by atoms with Gasteiger partial charge in [-0.05, 0) is 48.5 Å². The molecule has 0 saturated carbocycles. The number of ether oxygens (including phenoxy) is 1. The van der Waals surface area contributed by atoms with Gasteiger partial charge in [-0.2, -0.15) is 0 Å². The standard InChI is InChI=1S/C29H28ClFN4O4/c1-3-26(36)33-15-13-32(14-16-33)21-8-10-22(11-9-21)35-25-17-20(30)7-12-24(25)34(29(35)38)18-19-5-4-6-23(27(19)31)28(37)39-2/h4-12,17H,3,13-16,18H2,1-2H3. The third kappa shape index (κ3) is 5.02. The topological polar surface area (TPSA) is 76.8 Å². The molecule has 1 saturated heterocycles. The fourth-order valence-electron chi connectivity index (χ4n) is 5.02. The molecule has 5 rings (SSSR count). The fourth-order valence-corrected chi connectivity index (χ4v) is 5.19. The highest BCUT2D eigenvalue weighted by atomic mass is 35.5. The number of anilines is 1. The second-order valence-electron chi connectivity index (χ2n) is 9.35. The minimum absolute atomic E-state index is 0.0839. The Bertz CT molecular complexity index is 1600. The first-order valence-electron chi connectivity index (χ1n) is 12.7. The molecular formula is C29H28ClFN4O4. The quantitative estimate of drug-likeness (QED) is 0.331. The lowest BCUT2D eigenvalue weighted by Crippen LogP contribution is -2.48. The predicted molar refractivity (Wildman–Crippen MR) is 148 cm³/mol. The van der Waals surface area contributed by atoms with Crippen molar-refractivity contribution in [2.24, 2.45) is 0 Å². The van der Waals surface area contributed by atoms with Crippen LogP contribution in [-0.2, 0) is 16.1 Å². The molecule has 0 spiro atoms. The number of amides is 1. The van der Waals surface area contributed by atoms with Crippen molar-refractivity contribution in [3.05, 3.63) is 93.1 Å². The molecule has 202 valence electrons. The lowest BCUT2D eigenvalue weighted by Gasteiger charge is -2.36. The van der Waals surface area contributed by atoms with Crippen molar-refractivity contribution in [2.75, 3.05) is 38.2 Å². The van der Waals surface area contributed by atoms with Crippen LogP contribution in [0.1, 0.15) is 29.3 Å². The van der Waals surface area contributed by atoms with Crippen molar-refractivity contribution in [2.45, 2.75) is 19.9 Å². The SMILES string of the molecule is CCC(=O)N1CCN(c2ccc(-n3c(=O)n(Cc4cccc(C(=O)OC)c4F)c4ccc(Cl)cc43)cc2)CC1. The van der Waals surface area contributed by atoms with Gasteiger partial charge in [-0.3, -0.25) is 13.9 Å². The average molecular weight is 551 g/mol. The number of hydrogen-bond acceptors (Lipinski definition) is 5. The monoisotopic (exact) mass is 550 g/mol. The Morgan fingerprint density at radius 2 is 1.64 bits per heavy atom. The molecule has 4 aromatic rings. The summed E-state index contributed by atoms with van der Waals surface area (Å²) in [5, 5.41) is 0.461. The van der Waals surface area contributed by atoms with Crippen molar-refractivity contribution in [3.8, 4) is 5.69 Å². The number of carbonyl (C=O) groups is 2. The predicted octanol–water partition coefficient (Wildman–Crippen LogP) is 4.48. The Morgan fingerprint density at radius 1 is 0.949 bits per heavy atom. The highest BCUT2D eigenvalue weighted by Gasteiger charge is 2.22. The molecule has 3 aromatic carbocycles. The van der Waals surface area contributed by atoms with E-state index in [1.807, 2.05) is 36.1 Å².